The molecule has 1 saturated heterocycles. The lowest BCUT2D eigenvalue weighted by atomic mass is 9.52. The SMILES string of the molecule is CC1(C)CC(C)(C)C1NC(=O)c1ccc(NCCCCNc2ccc3c(c2)C(=O)N(C2CCC(=O)NC2=O)C3=O)cc1. The fourth-order valence-corrected chi connectivity index (χ4v) is 6.95. The van der Waals surface area contributed by atoms with Gasteiger partial charge in [0.2, 0.25) is 11.8 Å². The molecule has 2 aliphatic heterocycles. The van der Waals surface area contributed by atoms with E-state index in [-0.39, 0.29) is 46.7 Å². The van der Waals surface area contributed by atoms with Crippen LogP contribution in [0.3, 0.4) is 0 Å². The van der Waals surface area contributed by atoms with Gasteiger partial charge in [-0.05, 0) is 79.0 Å². The van der Waals surface area contributed by atoms with Gasteiger partial charge < -0.3 is 16.0 Å². The second-order valence-electron chi connectivity index (χ2n) is 12.9. The monoisotopic (exact) mass is 573 g/mol. The lowest BCUT2D eigenvalue weighted by Crippen LogP contribution is -2.63. The van der Waals surface area contributed by atoms with E-state index < -0.39 is 29.7 Å². The minimum atomic E-state index is -0.973. The van der Waals surface area contributed by atoms with Crippen LogP contribution in [0.25, 0.3) is 0 Å². The highest BCUT2D eigenvalue weighted by Gasteiger charge is 2.53. The molecular formula is C32H39N5O5. The number of benzene rings is 2. The Hall–Kier alpha value is -4.21. The molecule has 10 heteroatoms. The molecule has 10 nitrogen and oxygen atoms in total. The summed E-state index contributed by atoms with van der Waals surface area (Å²) < 4.78 is 0. The van der Waals surface area contributed by atoms with E-state index in [2.05, 4.69) is 49.0 Å². The Morgan fingerprint density at radius 2 is 1.45 bits per heavy atom. The van der Waals surface area contributed by atoms with Crippen LogP contribution in [0.2, 0.25) is 0 Å². The van der Waals surface area contributed by atoms with Crippen LogP contribution < -0.4 is 21.3 Å². The van der Waals surface area contributed by atoms with Gasteiger partial charge in [-0.1, -0.05) is 27.7 Å². The van der Waals surface area contributed by atoms with Crippen LogP contribution in [0.15, 0.2) is 42.5 Å². The fourth-order valence-electron chi connectivity index (χ4n) is 6.95. The molecule has 2 aromatic carbocycles. The summed E-state index contributed by atoms with van der Waals surface area (Å²) in [5, 5.41) is 12.1. The number of nitrogens with one attached hydrogen (secondary N) is 4. The molecule has 0 bridgehead atoms. The standard InChI is InChI=1S/C32H39N5O5/c1-31(2)18-32(3,4)30(31)36-26(39)19-7-9-20(10-8-19)33-15-5-6-16-34-21-11-12-22-23(17-21)29(42)37(28(22)41)24-13-14-25(38)35-27(24)40/h7-12,17,24,30,33-34H,5-6,13-16,18H2,1-4H3,(H,36,39)(H,35,38,40). The maximum atomic E-state index is 13.0. The summed E-state index contributed by atoms with van der Waals surface area (Å²) >= 11 is 0. The molecule has 1 aliphatic carbocycles. The molecule has 3 aliphatic rings. The molecule has 2 heterocycles. The summed E-state index contributed by atoms with van der Waals surface area (Å²) in [6.07, 6.45) is 3.07. The Morgan fingerprint density at radius 1 is 0.857 bits per heavy atom. The average molecular weight is 574 g/mol. The molecule has 1 atom stereocenters. The molecule has 42 heavy (non-hydrogen) atoms. The van der Waals surface area contributed by atoms with Crippen LogP contribution in [0.1, 0.15) is 90.9 Å². The van der Waals surface area contributed by atoms with Crippen LogP contribution in [0, 0.1) is 10.8 Å². The first-order valence-electron chi connectivity index (χ1n) is 14.6. The van der Waals surface area contributed by atoms with E-state index in [4.69, 9.17) is 0 Å². The topological polar surface area (TPSA) is 137 Å². The van der Waals surface area contributed by atoms with E-state index in [1.807, 2.05) is 24.3 Å². The first kappa shape index (κ1) is 29.3. The van der Waals surface area contributed by atoms with Crippen molar-refractivity contribution in [3.63, 3.8) is 0 Å². The lowest BCUT2D eigenvalue weighted by molar-refractivity contribution is -0.136. The number of piperidine rings is 1. The zero-order chi connectivity index (χ0) is 30.2. The van der Waals surface area contributed by atoms with Gasteiger partial charge in [0.15, 0.2) is 0 Å². The molecule has 5 amide bonds. The van der Waals surface area contributed by atoms with E-state index in [0.29, 0.717) is 12.1 Å². The van der Waals surface area contributed by atoms with E-state index in [1.54, 1.807) is 18.2 Å². The number of imide groups is 2. The normalized spacial score (nSPS) is 21.0. The van der Waals surface area contributed by atoms with Crippen molar-refractivity contribution in [2.24, 2.45) is 10.8 Å². The number of unbranched alkanes of at least 4 members (excludes halogenated alkanes) is 1. The van der Waals surface area contributed by atoms with Crippen LogP contribution >= 0.6 is 0 Å². The van der Waals surface area contributed by atoms with Crippen LogP contribution in [-0.2, 0) is 9.59 Å². The molecule has 5 rings (SSSR count). The number of hydrogen-bond acceptors (Lipinski definition) is 7. The van der Waals surface area contributed by atoms with E-state index in [9.17, 15) is 24.0 Å². The Bertz CT molecular complexity index is 1420. The molecule has 2 aromatic rings. The van der Waals surface area contributed by atoms with Crippen molar-refractivity contribution < 1.29 is 24.0 Å². The van der Waals surface area contributed by atoms with Gasteiger partial charge >= 0.3 is 0 Å². The number of carbonyl (C=O) groups is 5. The number of amides is 5. The third kappa shape index (κ3) is 5.75. The largest absolute Gasteiger partial charge is 0.385 e. The maximum absolute atomic E-state index is 13.0. The molecule has 0 spiro atoms. The molecule has 222 valence electrons. The van der Waals surface area contributed by atoms with Crippen molar-refractivity contribution in [3.8, 4) is 0 Å². The van der Waals surface area contributed by atoms with Crippen molar-refractivity contribution in [3.05, 3.63) is 59.2 Å². The van der Waals surface area contributed by atoms with Gasteiger partial charge in [-0.25, -0.2) is 0 Å². The van der Waals surface area contributed by atoms with Gasteiger partial charge in [0.25, 0.3) is 17.7 Å². The predicted molar refractivity (Wildman–Crippen MR) is 159 cm³/mol. The van der Waals surface area contributed by atoms with Gasteiger partial charge in [0.05, 0.1) is 11.1 Å². The lowest BCUT2D eigenvalue weighted by Gasteiger charge is -2.57. The Labute approximate surface area is 246 Å². The van der Waals surface area contributed by atoms with Crippen molar-refractivity contribution in [2.45, 2.75) is 71.9 Å². The van der Waals surface area contributed by atoms with E-state index >= 15 is 0 Å². The molecule has 0 radical (unpaired) electrons. The van der Waals surface area contributed by atoms with Crippen molar-refractivity contribution in [1.29, 1.82) is 0 Å². The van der Waals surface area contributed by atoms with Crippen LogP contribution in [-0.4, -0.2) is 59.6 Å². The Balaban J connectivity index is 1.05. The summed E-state index contributed by atoms with van der Waals surface area (Å²) in [7, 11) is 0. The van der Waals surface area contributed by atoms with Gasteiger partial charge in [0.1, 0.15) is 6.04 Å². The number of rotatable bonds is 10. The van der Waals surface area contributed by atoms with Gasteiger partial charge in [-0.15, -0.1) is 0 Å². The number of hydrogen-bond donors (Lipinski definition) is 4. The minimum absolute atomic E-state index is 0.0419. The quantitative estimate of drug-likeness (QED) is 0.250. The second kappa shape index (κ2) is 11.2. The first-order chi connectivity index (χ1) is 19.9. The second-order valence-corrected chi connectivity index (χ2v) is 12.9. The van der Waals surface area contributed by atoms with Crippen molar-refractivity contribution in [2.75, 3.05) is 23.7 Å². The molecule has 4 N–H and O–H groups in total. The molecule has 0 aromatic heterocycles. The third-order valence-corrected chi connectivity index (χ3v) is 8.60. The third-order valence-electron chi connectivity index (χ3n) is 8.60. The zero-order valence-corrected chi connectivity index (χ0v) is 24.6. The number of fused-ring (bicyclic) bond motifs is 1. The Kier molecular flexibility index (Phi) is 7.83. The highest BCUT2D eigenvalue weighted by atomic mass is 16.2. The van der Waals surface area contributed by atoms with E-state index in [0.717, 1.165) is 42.1 Å². The molecular weight excluding hydrogens is 534 g/mol. The summed E-state index contributed by atoms with van der Waals surface area (Å²) in [5.74, 6) is -2.09. The van der Waals surface area contributed by atoms with Crippen molar-refractivity contribution in [1.82, 2.24) is 15.5 Å². The highest BCUT2D eigenvalue weighted by Crippen LogP contribution is 2.53. The number of carbonyl (C=O) groups excluding carboxylic acids is 5. The highest BCUT2D eigenvalue weighted by molar-refractivity contribution is 6.23. The van der Waals surface area contributed by atoms with Gasteiger partial charge in [-0.2, -0.15) is 0 Å². The van der Waals surface area contributed by atoms with Crippen LogP contribution in [0.4, 0.5) is 11.4 Å². The van der Waals surface area contributed by atoms with Gasteiger partial charge in [-0.3, -0.25) is 34.2 Å². The summed E-state index contributed by atoms with van der Waals surface area (Å²) in [6, 6.07) is 11.7. The average Bonchev–Trinajstić information content (AvgIpc) is 3.17. The molecule has 2 fully saturated rings. The number of anilines is 2. The molecule has 1 unspecified atom stereocenters. The van der Waals surface area contributed by atoms with Gasteiger partial charge in [0, 0.05) is 42.5 Å². The number of nitrogens with zero attached hydrogens (tertiary/aromatic N) is 1. The summed E-state index contributed by atoms with van der Waals surface area (Å²) in [4.78, 5) is 63.3. The summed E-state index contributed by atoms with van der Waals surface area (Å²) in [5.41, 5.74) is 3.05. The molecule has 1 saturated carbocycles. The van der Waals surface area contributed by atoms with E-state index in [1.165, 1.54) is 0 Å². The first-order valence-corrected chi connectivity index (χ1v) is 14.6. The maximum Gasteiger partial charge on any atom is 0.262 e. The smallest absolute Gasteiger partial charge is 0.262 e. The fraction of sp³-hybridized carbons (Fsp3) is 0.469. The van der Waals surface area contributed by atoms with Crippen LogP contribution in [0.5, 0.6) is 0 Å². The summed E-state index contributed by atoms with van der Waals surface area (Å²) in [6.45, 7) is 10.2. The minimum Gasteiger partial charge on any atom is -0.385 e. The zero-order valence-electron chi connectivity index (χ0n) is 24.6. The van der Waals surface area contributed by atoms with Crippen molar-refractivity contribution >= 4 is 40.9 Å². The Morgan fingerprint density at radius 3 is 2.07 bits per heavy atom. The predicted octanol–water partition coefficient (Wildman–Crippen LogP) is 3.95.